The third-order valence-electron chi connectivity index (χ3n) is 5.11. The van der Waals surface area contributed by atoms with Crippen LogP contribution in [0.5, 0.6) is 0 Å². The Kier molecular flexibility index (Phi) is 2.94. The molecular formula is C15H26O. The van der Waals surface area contributed by atoms with Crippen molar-refractivity contribution in [3.8, 4) is 0 Å². The Labute approximate surface area is 99.9 Å². The molecule has 0 heterocycles. The Balaban J connectivity index is 2.41. The van der Waals surface area contributed by atoms with Gasteiger partial charge in [0.05, 0.1) is 6.10 Å². The van der Waals surface area contributed by atoms with Crippen LogP contribution in [-0.4, -0.2) is 11.2 Å². The average Bonchev–Trinajstić information content (AvgIpc) is 2.29. The van der Waals surface area contributed by atoms with E-state index < -0.39 is 0 Å². The molecular weight excluding hydrogens is 196 g/mol. The number of rotatable bonds is 0. The van der Waals surface area contributed by atoms with E-state index in [1.165, 1.54) is 24.8 Å². The summed E-state index contributed by atoms with van der Waals surface area (Å²) in [4.78, 5) is 0. The first-order chi connectivity index (χ1) is 7.36. The van der Waals surface area contributed by atoms with Gasteiger partial charge in [-0.05, 0) is 43.9 Å². The van der Waals surface area contributed by atoms with Crippen LogP contribution < -0.4 is 0 Å². The van der Waals surface area contributed by atoms with Crippen LogP contribution in [-0.2, 0) is 0 Å². The van der Waals surface area contributed by atoms with Gasteiger partial charge in [-0.15, -0.1) is 0 Å². The van der Waals surface area contributed by atoms with Gasteiger partial charge in [0.1, 0.15) is 0 Å². The van der Waals surface area contributed by atoms with E-state index in [0.29, 0.717) is 11.3 Å². The summed E-state index contributed by atoms with van der Waals surface area (Å²) < 4.78 is 0. The molecule has 0 aromatic heterocycles. The zero-order valence-electron chi connectivity index (χ0n) is 11.2. The van der Waals surface area contributed by atoms with Gasteiger partial charge in [-0.3, -0.25) is 0 Å². The Morgan fingerprint density at radius 3 is 2.62 bits per heavy atom. The van der Waals surface area contributed by atoms with E-state index in [1.807, 2.05) is 0 Å². The van der Waals surface area contributed by atoms with E-state index >= 15 is 0 Å². The molecule has 0 aliphatic heterocycles. The van der Waals surface area contributed by atoms with Gasteiger partial charge in [0.2, 0.25) is 0 Å². The van der Waals surface area contributed by atoms with E-state index in [1.54, 1.807) is 0 Å². The predicted octanol–water partition coefficient (Wildman–Crippen LogP) is 3.92. The maximum atomic E-state index is 10.5. The van der Waals surface area contributed by atoms with Gasteiger partial charge < -0.3 is 5.11 Å². The molecule has 0 amide bonds. The zero-order chi connectivity index (χ0) is 12.0. The van der Waals surface area contributed by atoms with Crippen LogP contribution in [0.15, 0.2) is 11.6 Å². The van der Waals surface area contributed by atoms with E-state index in [0.717, 1.165) is 12.8 Å². The lowest BCUT2D eigenvalue weighted by atomic mass is 9.54. The largest absolute Gasteiger partial charge is 0.393 e. The molecule has 3 atom stereocenters. The molecule has 0 spiro atoms. The molecule has 0 aromatic rings. The average molecular weight is 222 g/mol. The van der Waals surface area contributed by atoms with Gasteiger partial charge in [-0.1, -0.05) is 38.8 Å². The fourth-order valence-corrected chi connectivity index (χ4v) is 3.98. The summed E-state index contributed by atoms with van der Waals surface area (Å²) in [5.74, 6) is 0.547. The number of fused-ring (bicyclic) bond motifs is 1. The van der Waals surface area contributed by atoms with Gasteiger partial charge in [-0.2, -0.15) is 0 Å². The minimum atomic E-state index is -0.120. The minimum absolute atomic E-state index is 0.111. The molecule has 2 aliphatic carbocycles. The molecule has 1 heteroatoms. The summed E-state index contributed by atoms with van der Waals surface area (Å²) >= 11 is 0. The third-order valence-corrected chi connectivity index (χ3v) is 5.11. The van der Waals surface area contributed by atoms with Gasteiger partial charge in [0.25, 0.3) is 0 Å². The topological polar surface area (TPSA) is 20.2 Å². The second kappa shape index (κ2) is 3.87. The molecule has 1 nitrogen and oxygen atoms in total. The van der Waals surface area contributed by atoms with Crippen molar-refractivity contribution in [1.82, 2.24) is 0 Å². The fraction of sp³-hybridized carbons (Fsp3) is 0.867. The summed E-state index contributed by atoms with van der Waals surface area (Å²) in [6.45, 7) is 9.27. The lowest BCUT2D eigenvalue weighted by Crippen LogP contribution is -2.47. The zero-order valence-corrected chi connectivity index (χ0v) is 11.2. The highest BCUT2D eigenvalue weighted by atomic mass is 16.3. The smallest absolute Gasteiger partial charge is 0.0602 e. The highest BCUT2D eigenvalue weighted by molar-refractivity contribution is 5.15. The van der Waals surface area contributed by atoms with Crippen LogP contribution in [0.1, 0.15) is 59.8 Å². The first-order valence-electron chi connectivity index (χ1n) is 6.72. The molecule has 0 bridgehead atoms. The maximum absolute atomic E-state index is 10.5. The lowest BCUT2D eigenvalue weighted by molar-refractivity contribution is -0.0643. The van der Waals surface area contributed by atoms with Gasteiger partial charge in [0, 0.05) is 5.41 Å². The van der Waals surface area contributed by atoms with Crippen molar-refractivity contribution < 1.29 is 5.11 Å². The standard InChI is InChI=1S/C15H26O/c1-11-6-7-13(16)15(4)9-5-8-14(2,3)12(15)10-11/h10,12-13,16H,5-9H2,1-4H3/t12-,13-,15-/m1/s1. The van der Waals surface area contributed by atoms with E-state index in [-0.39, 0.29) is 11.5 Å². The Bertz CT molecular complexity index is 303. The normalized spacial score (nSPS) is 43.2. The third kappa shape index (κ3) is 1.84. The number of aliphatic hydroxyl groups is 1. The quantitative estimate of drug-likeness (QED) is 0.616. The number of allylic oxidation sites excluding steroid dienone is 2. The number of hydrogen-bond donors (Lipinski definition) is 1. The van der Waals surface area contributed by atoms with Crippen molar-refractivity contribution in [2.45, 2.75) is 65.9 Å². The van der Waals surface area contributed by atoms with Crippen molar-refractivity contribution in [3.63, 3.8) is 0 Å². The van der Waals surface area contributed by atoms with E-state index in [9.17, 15) is 5.11 Å². The summed E-state index contributed by atoms with van der Waals surface area (Å²) in [5, 5.41) is 10.5. The van der Waals surface area contributed by atoms with Gasteiger partial charge in [-0.25, -0.2) is 0 Å². The minimum Gasteiger partial charge on any atom is -0.393 e. The second-order valence-electron chi connectivity index (χ2n) is 6.89. The fourth-order valence-electron chi connectivity index (χ4n) is 3.98. The Morgan fingerprint density at radius 2 is 1.94 bits per heavy atom. The van der Waals surface area contributed by atoms with Crippen molar-refractivity contribution in [1.29, 1.82) is 0 Å². The van der Waals surface area contributed by atoms with Gasteiger partial charge in [0.15, 0.2) is 0 Å². The van der Waals surface area contributed by atoms with Crippen LogP contribution in [0, 0.1) is 16.7 Å². The molecule has 1 N–H and O–H groups in total. The monoisotopic (exact) mass is 222 g/mol. The van der Waals surface area contributed by atoms with Crippen LogP contribution in [0.25, 0.3) is 0 Å². The Hall–Kier alpha value is -0.300. The van der Waals surface area contributed by atoms with Crippen LogP contribution in [0.4, 0.5) is 0 Å². The summed E-state index contributed by atoms with van der Waals surface area (Å²) in [6, 6.07) is 0. The number of hydrogen-bond acceptors (Lipinski definition) is 1. The second-order valence-corrected chi connectivity index (χ2v) is 6.89. The highest BCUT2D eigenvalue weighted by Gasteiger charge is 2.49. The highest BCUT2D eigenvalue weighted by Crippen LogP contribution is 2.55. The van der Waals surface area contributed by atoms with Gasteiger partial charge >= 0.3 is 0 Å². The predicted molar refractivity (Wildman–Crippen MR) is 68.2 cm³/mol. The molecule has 0 unspecified atom stereocenters. The van der Waals surface area contributed by atoms with Crippen molar-refractivity contribution in [2.24, 2.45) is 16.7 Å². The maximum Gasteiger partial charge on any atom is 0.0602 e. The van der Waals surface area contributed by atoms with Crippen LogP contribution in [0.3, 0.4) is 0 Å². The molecule has 2 aliphatic rings. The van der Waals surface area contributed by atoms with Crippen LogP contribution in [0.2, 0.25) is 0 Å². The first kappa shape index (κ1) is 12.2. The molecule has 0 radical (unpaired) electrons. The molecule has 16 heavy (non-hydrogen) atoms. The molecule has 1 fully saturated rings. The van der Waals surface area contributed by atoms with Crippen molar-refractivity contribution >= 4 is 0 Å². The van der Waals surface area contributed by atoms with Crippen molar-refractivity contribution in [2.75, 3.05) is 0 Å². The summed E-state index contributed by atoms with van der Waals surface area (Å²) in [7, 11) is 0. The van der Waals surface area contributed by atoms with Crippen molar-refractivity contribution in [3.05, 3.63) is 11.6 Å². The van der Waals surface area contributed by atoms with E-state index in [4.69, 9.17) is 0 Å². The molecule has 0 aromatic carbocycles. The number of aliphatic hydroxyl groups excluding tert-OH is 1. The first-order valence-corrected chi connectivity index (χ1v) is 6.72. The summed E-state index contributed by atoms with van der Waals surface area (Å²) in [5.41, 5.74) is 1.93. The van der Waals surface area contributed by atoms with Crippen LogP contribution >= 0.6 is 0 Å². The lowest BCUT2D eigenvalue weighted by Gasteiger charge is -2.51. The molecule has 92 valence electrons. The molecule has 1 saturated carbocycles. The molecule has 0 saturated heterocycles. The summed E-state index contributed by atoms with van der Waals surface area (Å²) in [6.07, 6.45) is 8.12. The molecule has 2 rings (SSSR count). The SMILES string of the molecule is CC1=C[C@@H]2C(C)(C)CCC[C@@]2(C)[C@H](O)CC1. The van der Waals surface area contributed by atoms with E-state index in [2.05, 4.69) is 33.8 Å². The Morgan fingerprint density at radius 1 is 1.25 bits per heavy atom.